The summed E-state index contributed by atoms with van der Waals surface area (Å²) < 4.78 is 3.67. The molecule has 34 valence electrons. The van der Waals surface area contributed by atoms with Crippen molar-refractivity contribution in [3.63, 3.8) is 0 Å². The number of alkyl halides is 1. The zero-order valence-electron chi connectivity index (χ0n) is 3.42. The van der Waals surface area contributed by atoms with E-state index >= 15 is 0 Å². The Bertz CT molecular complexity index is 69.9. The van der Waals surface area contributed by atoms with Crippen molar-refractivity contribution < 1.29 is 0 Å². The Morgan fingerprint density at radius 3 is 2.50 bits per heavy atom. The van der Waals surface area contributed by atoms with E-state index in [1.807, 2.05) is 0 Å². The molecule has 0 bridgehead atoms. The van der Waals surface area contributed by atoms with Gasteiger partial charge in [0.05, 0.1) is 0 Å². The molecular weight excluding hydrogens is 187 g/mol. The first-order valence-corrected chi connectivity index (χ1v) is 4.93. The summed E-state index contributed by atoms with van der Waals surface area (Å²) >= 11 is 0.305. The van der Waals surface area contributed by atoms with Gasteiger partial charge in [0, 0.05) is 0 Å². The predicted molar refractivity (Wildman–Crippen MR) is 38.6 cm³/mol. The molecule has 0 fully saturated rings. The van der Waals surface area contributed by atoms with Crippen LogP contribution in [0.2, 0.25) is 0 Å². The third-order valence-corrected chi connectivity index (χ3v) is 2.71. The molecule has 0 saturated carbocycles. The zero-order valence-corrected chi connectivity index (χ0v) is 5.76. The van der Waals surface area contributed by atoms with Crippen LogP contribution in [-0.4, -0.2) is 4.43 Å². The van der Waals surface area contributed by atoms with E-state index in [4.69, 9.17) is 0 Å². The first-order valence-electron chi connectivity index (χ1n) is 1.93. The fourth-order valence-corrected chi connectivity index (χ4v) is 1.87. The van der Waals surface area contributed by atoms with E-state index in [1.54, 1.807) is 0 Å². The SMILES string of the molecule is C1=CC[IH]C=C1. The molecule has 1 aliphatic rings. The summed E-state index contributed by atoms with van der Waals surface area (Å²) in [6.07, 6.45) is 6.50. The number of hydrogen-bond donors (Lipinski definition) is 0. The summed E-state index contributed by atoms with van der Waals surface area (Å²) in [6, 6.07) is 0. The van der Waals surface area contributed by atoms with Crippen molar-refractivity contribution in [3.05, 3.63) is 22.3 Å². The van der Waals surface area contributed by atoms with Gasteiger partial charge >= 0.3 is 47.9 Å². The van der Waals surface area contributed by atoms with Crippen LogP contribution in [0.15, 0.2) is 22.3 Å². The summed E-state index contributed by atoms with van der Waals surface area (Å²) in [7, 11) is 0. The molecule has 0 nitrogen and oxygen atoms in total. The van der Waals surface area contributed by atoms with Gasteiger partial charge in [-0.25, -0.2) is 0 Å². The molecule has 1 rings (SSSR count). The van der Waals surface area contributed by atoms with Gasteiger partial charge in [-0.15, -0.1) is 0 Å². The third kappa shape index (κ3) is 1.12. The van der Waals surface area contributed by atoms with Crippen LogP contribution < -0.4 is 0 Å². The van der Waals surface area contributed by atoms with E-state index in [9.17, 15) is 0 Å². The molecule has 1 aliphatic heterocycles. The Balaban J connectivity index is 2.46. The summed E-state index contributed by atoms with van der Waals surface area (Å²) in [6.45, 7) is 0. The molecule has 0 aromatic rings. The van der Waals surface area contributed by atoms with E-state index in [0.717, 1.165) is 0 Å². The van der Waals surface area contributed by atoms with Gasteiger partial charge in [-0.3, -0.25) is 0 Å². The molecule has 0 atom stereocenters. The molecular formula is C5H7I. The normalized spacial score (nSPS) is 20.0. The molecule has 0 radical (unpaired) electrons. The monoisotopic (exact) mass is 194 g/mol. The summed E-state index contributed by atoms with van der Waals surface area (Å²) in [5.41, 5.74) is 0. The Morgan fingerprint density at radius 1 is 1.33 bits per heavy atom. The minimum atomic E-state index is 0.305. The van der Waals surface area contributed by atoms with Gasteiger partial charge in [0.25, 0.3) is 0 Å². The van der Waals surface area contributed by atoms with Crippen LogP contribution in [-0.2, 0) is 0 Å². The predicted octanol–water partition coefficient (Wildman–Crippen LogP) is 1.77. The van der Waals surface area contributed by atoms with Crippen molar-refractivity contribution in [2.45, 2.75) is 0 Å². The molecule has 0 N–H and O–H groups in total. The molecule has 0 saturated heterocycles. The quantitative estimate of drug-likeness (QED) is 0.407. The van der Waals surface area contributed by atoms with Crippen LogP contribution in [0, 0.1) is 0 Å². The van der Waals surface area contributed by atoms with Crippen LogP contribution in [0.3, 0.4) is 0 Å². The van der Waals surface area contributed by atoms with Crippen LogP contribution in [0.1, 0.15) is 0 Å². The van der Waals surface area contributed by atoms with Crippen LogP contribution in [0.4, 0.5) is 0 Å². The molecule has 0 unspecified atom stereocenters. The molecule has 0 aliphatic carbocycles. The van der Waals surface area contributed by atoms with Crippen LogP contribution in [0.5, 0.6) is 0 Å². The van der Waals surface area contributed by atoms with E-state index in [2.05, 4.69) is 22.3 Å². The number of rotatable bonds is 0. The average Bonchev–Trinajstić information content (AvgIpc) is 1.72. The van der Waals surface area contributed by atoms with Gasteiger partial charge in [0.2, 0.25) is 0 Å². The van der Waals surface area contributed by atoms with E-state index in [-0.39, 0.29) is 0 Å². The second kappa shape index (κ2) is 2.39. The Hall–Kier alpha value is 0.210. The van der Waals surface area contributed by atoms with Gasteiger partial charge < -0.3 is 0 Å². The summed E-state index contributed by atoms with van der Waals surface area (Å²) in [5.74, 6) is 0. The van der Waals surface area contributed by atoms with Crippen molar-refractivity contribution in [1.82, 2.24) is 0 Å². The minimum absolute atomic E-state index is 0.305. The number of allylic oxidation sites excluding steroid dienone is 3. The molecule has 0 spiro atoms. The van der Waals surface area contributed by atoms with E-state index in [1.165, 1.54) is 4.43 Å². The van der Waals surface area contributed by atoms with E-state index < -0.39 is 0 Å². The van der Waals surface area contributed by atoms with Crippen LogP contribution in [0.25, 0.3) is 0 Å². The standard InChI is InChI=1S/C5H7I/c1-2-4-6-5-3-1/h1-4,6H,5H2. The van der Waals surface area contributed by atoms with Gasteiger partial charge in [0.15, 0.2) is 0 Å². The van der Waals surface area contributed by atoms with Gasteiger partial charge in [0.1, 0.15) is 0 Å². The second-order valence-electron chi connectivity index (χ2n) is 1.09. The van der Waals surface area contributed by atoms with E-state index in [0.29, 0.717) is 21.2 Å². The second-order valence-corrected chi connectivity index (χ2v) is 3.77. The molecule has 6 heavy (non-hydrogen) atoms. The topological polar surface area (TPSA) is 0 Å². The van der Waals surface area contributed by atoms with Gasteiger partial charge in [-0.2, -0.15) is 0 Å². The van der Waals surface area contributed by atoms with Crippen molar-refractivity contribution >= 4 is 21.2 Å². The van der Waals surface area contributed by atoms with Crippen LogP contribution >= 0.6 is 21.2 Å². The van der Waals surface area contributed by atoms with Gasteiger partial charge in [-0.05, 0) is 0 Å². The molecule has 0 aromatic carbocycles. The molecule has 1 heterocycles. The zero-order chi connectivity index (χ0) is 4.24. The first kappa shape index (κ1) is 4.37. The molecule has 1 heteroatoms. The first-order chi connectivity index (χ1) is 3.00. The third-order valence-electron chi connectivity index (χ3n) is 0.614. The fourth-order valence-electron chi connectivity index (χ4n) is 0.346. The molecule has 0 amide bonds. The maximum atomic E-state index is 2.31. The number of halogens is 1. The number of hydrogen-bond acceptors (Lipinski definition) is 0. The van der Waals surface area contributed by atoms with Gasteiger partial charge in [-0.1, -0.05) is 0 Å². The maximum absolute atomic E-state index is 2.31. The Morgan fingerprint density at radius 2 is 2.33 bits per heavy atom. The molecule has 0 aromatic heterocycles. The van der Waals surface area contributed by atoms with Crippen molar-refractivity contribution in [1.29, 1.82) is 0 Å². The fraction of sp³-hybridized carbons (Fsp3) is 0.200. The average molecular weight is 194 g/mol. The Labute approximate surface area is 48.2 Å². The van der Waals surface area contributed by atoms with Crippen molar-refractivity contribution in [3.8, 4) is 0 Å². The Kier molecular flexibility index (Phi) is 1.74. The van der Waals surface area contributed by atoms with Crippen molar-refractivity contribution in [2.24, 2.45) is 0 Å². The summed E-state index contributed by atoms with van der Waals surface area (Å²) in [5, 5.41) is 0. The van der Waals surface area contributed by atoms with Crippen molar-refractivity contribution in [2.75, 3.05) is 4.43 Å². The summed E-state index contributed by atoms with van der Waals surface area (Å²) in [4.78, 5) is 0.